The van der Waals surface area contributed by atoms with Crippen molar-refractivity contribution in [3.63, 3.8) is 0 Å². The summed E-state index contributed by atoms with van der Waals surface area (Å²) in [5.74, 6) is 0.761. The second-order valence-corrected chi connectivity index (χ2v) is 9.99. The van der Waals surface area contributed by atoms with Crippen LogP contribution in [0, 0.1) is 6.92 Å². The first-order valence-corrected chi connectivity index (χ1v) is 12.0. The lowest BCUT2D eigenvalue weighted by atomic mass is 9.79. The molecule has 30 heavy (non-hydrogen) atoms. The highest BCUT2D eigenvalue weighted by molar-refractivity contribution is 14.0. The summed E-state index contributed by atoms with van der Waals surface area (Å²) in [6, 6.07) is 16.2. The number of halogens is 1. The Morgan fingerprint density at radius 2 is 1.73 bits per heavy atom. The van der Waals surface area contributed by atoms with Gasteiger partial charge in [-0.25, -0.2) is 8.42 Å². The maximum Gasteiger partial charge on any atom is 0.191 e. The Bertz CT molecular complexity index is 969. The quantitative estimate of drug-likeness (QED) is 0.327. The van der Waals surface area contributed by atoms with Gasteiger partial charge in [0, 0.05) is 31.8 Å². The number of guanidine groups is 1. The van der Waals surface area contributed by atoms with Crippen LogP contribution in [0.15, 0.2) is 58.4 Å². The first-order valence-electron chi connectivity index (χ1n) is 10.1. The van der Waals surface area contributed by atoms with Crippen molar-refractivity contribution < 1.29 is 8.42 Å². The Morgan fingerprint density at radius 3 is 2.30 bits per heavy atom. The molecular weight excluding hydrogens is 509 g/mol. The van der Waals surface area contributed by atoms with Gasteiger partial charge in [-0.3, -0.25) is 4.99 Å². The van der Waals surface area contributed by atoms with Crippen LogP contribution in [0.2, 0.25) is 0 Å². The molecule has 1 fully saturated rings. The molecule has 0 aromatic heterocycles. The van der Waals surface area contributed by atoms with E-state index in [1.807, 2.05) is 19.1 Å². The van der Waals surface area contributed by atoms with Gasteiger partial charge in [-0.15, -0.1) is 24.0 Å². The smallest absolute Gasteiger partial charge is 0.191 e. The zero-order chi connectivity index (χ0) is 20.9. The van der Waals surface area contributed by atoms with Crippen LogP contribution < -0.4 is 10.6 Å². The first-order chi connectivity index (χ1) is 13.8. The van der Waals surface area contributed by atoms with Crippen LogP contribution in [0.1, 0.15) is 42.4 Å². The molecule has 0 unspecified atom stereocenters. The lowest BCUT2D eigenvalue weighted by Crippen LogP contribution is -2.44. The van der Waals surface area contributed by atoms with Gasteiger partial charge >= 0.3 is 0 Å². The number of aliphatic imine (C=N–C) groups is 1. The van der Waals surface area contributed by atoms with E-state index in [0.717, 1.165) is 23.6 Å². The molecular formula is C23H32IN3O2S. The van der Waals surface area contributed by atoms with Crippen molar-refractivity contribution in [3.05, 3.63) is 65.2 Å². The van der Waals surface area contributed by atoms with Crippen LogP contribution >= 0.6 is 24.0 Å². The molecule has 164 valence electrons. The monoisotopic (exact) mass is 541 g/mol. The van der Waals surface area contributed by atoms with E-state index < -0.39 is 9.84 Å². The average Bonchev–Trinajstić information content (AvgIpc) is 3.18. The van der Waals surface area contributed by atoms with Crippen molar-refractivity contribution in [1.82, 2.24) is 10.6 Å². The van der Waals surface area contributed by atoms with Crippen molar-refractivity contribution in [2.24, 2.45) is 4.99 Å². The molecule has 2 aromatic rings. The molecule has 0 radical (unpaired) electrons. The highest BCUT2D eigenvalue weighted by Crippen LogP contribution is 2.40. The van der Waals surface area contributed by atoms with E-state index in [-0.39, 0.29) is 29.4 Å². The minimum atomic E-state index is -3.19. The second kappa shape index (κ2) is 10.6. The Balaban J connectivity index is 0.00000320. The zero-order valence-corrected chi connectivity index (χ0v) is 21.1. The number of hydrogen-bond donors (Lipinski definition) is 2. The molecule has 0 heterocycles. The normalized spacial score (nSPS) is 16.0. The highest BCUT2D eigenvalue weighted by atomic mass is 127. The molecule has 5 nitrogen and oxygen atoms in total. The van der Waals surface area contributed by atoms with Crippen molar-refractivity contribution in [1.29, 1.82) is 0 Å². The van der Waals surface area contributed by atoms with Crippen LogP contribution in [0.4, 0.5) is 0 Å². The maximum absolute atomic E-state index is 11.8. The van der Waals surface area contributed by atoms with E-state index in [1.165, 1.54) is 37.5 Å². The van der Waals surface area contributed by atoms with Crippen molar-refractivity contribution >= 4 is 39.8 Å². The first kappa shape index (κ1) is 24.7. The summed E-state index contributed by atoms with van der Waals surface area (Å²) in [5.41, 5.74) is 3.35. The van der Waals surface area contributed by atoms with Crippen molar-refractivity contribution in [3.8, 4) is 0 Å². The number of benzene rings is 2. The number of hydrogen-bond acceptors (Lipinski definition) is 3. The summed E-state index contributed by atoms with van der Waals surface area (Å²) in [6.07, 6.45) is 6.13. The van der Waals surface area contributed by atoms with E-state index in [9.17, 15) is 8.42 Å². The van der Waals surface area contributed by atoms with E-state index in [4.69, 9.17) is 0 Å². The minimum absolute atomic E-state index is 0. The Hall–Kier alpha value is -1.61. The Morgan fingerprint density at radius 1 is 1.07 bits per heavy atom. The van der Waals surface area contributed by atoms with E-state index in [1.54, 1.807) is 13.1 Å². The molecule has 0 aliphatic heterocycles. The predicted molar refractivity (Wildman–Crippen MR) is 134 cm³/mol. The summed E-state index contributed by atoms with van der Waals surface area (Å²) in [7, 11) is -1.42. The number of rotatable bonds is 6. The largest absolute Gasteiger partial charge is 0.356 e. The molecule has 1 saturated carbocycles. The van der Waals surface area contributed by atoms with Crippen molar-refractivity contribution in [2.45, 2.75) is 49.5 Å². The SMILES string of the molecule is CN=C(NCc1ccc(S(C)(=O)=O)c(C)c1)NCC1(c2ccccc2)CCCC1.I. The Kier molecular flexibility index (Phi) is 8.73. The summed E-state index contributed by atoms with van der Waals surface area (Å²) >= 11 is 0. The van der Waals surface area contributed by atoms with Crippen molar-refractivity contribution in [2.75, 3.05) is 19.8 Å². The van der Waals surface area contributed by atoms with Crippen LogP contribution in [0.5, 0.6) is 0 Å². The fourth-order valence-corrected chi connectivity index (χ4v) is 5.27. The third-order valence-corrected chi connectivity index (χ3v) is 7.12. The van der Waals surface area contributed by atoms with Gasteiger partial charge < -0.3 is 10.6 Å². The average molecular weight is 541 g/mol. The number of sulfone groups is 1. The molecule has 2 N–H and O–H groups in total. The Labute approximate surface area is 197 Å². The number of aryl methyl sites for hydroxylation is 1. The molecule has 0 bridgehead atoms. The van der Waals surface area contributed by atoms with Gasteiger partial charge in [0.1, 0.15) is 0 Å². The molecule has 0 amide bonds. The maximum atomic E-state index is 11.8. The molecule has 2 aromatic carbocycles. The topological polar surface area (TPSA) is 70.6 Å². The van der Waals surface area contributed by atoms with Crippen LogP contribution in [-0.2, 0) is 21.8 Å². The van der Waals surface area contributed by atoms with Gasteiger partial charge in [0.25, 0.3) is 0 Å². The van der Waals surface area contributed by atoms with Gasteiger partial charge in [-0.1, -0.05) is 55.3 Å². The molecule has 7 heteroatoms. The standard InChI is InChI=1S/C23H31N3O2S.HI/c1-18-15-19(11-12-21(18)29(3,27)28)16-25-22(24-2)26-17-23(13-7-8-14-23)20-9-5-4-6-10-20;/h4-6,9-12,15H,7-8,13-14,16-17H2,1-3H3,(H2,24,25,26);1H. The third-order valence-electron chi connectivity index (χ3n) is 5.86. The van der Waals surface area contributed by atoms with Crippen LogP contribution in [-0.4, -0.2) is 34.2 Å². The second-order valence-electron chi connectivity index (χ2n) is 8.00. The van der Waals surface area contributed by atoms with E-state index in [0.29, 0.717) is 11.4 Å². The third kappa shape index (κ3) is 5.97. The molecule has 0 saturated heterocycles. The molecule has 0 atom stereocenters. The fourth-order valence-electron chi connectivity index (χ4n) is 4.31. The van der Waals surface area contributed by atoms with Gasteiger partial charge in [0.2, 0.25) is 0 Å². The van der Waals surface area contributed by atoms with Crippen LogP contribution in [0.3, 0.4) is 0 Å². The fraction of sp³-hybridized carbons (Fsp3) is 0.435. The number of nitrogens with zero attached hydrogens (tertiary/aromatic N) is 1. The molecule has 1 aliphatic rings. The lowest BCUT2D eigenvalue weighted by Gasteiger charge is -2.30. The van der Waals surface area contributed by atoms with E-state index >= 15 is 0 Å². The summed E-state index contributed by atoms with van der Waals surface area (Å²) in [5, 5.41) is 6.87. The van der Waals surface area contributed by atoms with Gasteiger partial charge in [-0.2, -0.15) is 0 Å². The van der Waals surface area contributed by atoms with Gasteiger partial charge in [0.05, 0.1) is 4.90 Å². The van der Waals surface area contributed by atoms with Gasteiger partial charge in [0.15, 0.2) is 15.8 Å². The molecule has 0 spiro atoms. The minimum Gasteiger partial charge on any atom is -0.356 e. The lowest BCUT2D eigenvalue weighted by molar-refractivity contribution is 0.431. The number of nitrogens with one attached hydrogen (secondary N) is 2. The summed E-state index contributed by atoms with van der Waals surface area (Å²) in [4.78, 5) is 4.75. The molecule has 1 aliphatic carbocycles. The summed E-state index contributed by atoms with van der Waals surface area (Å²) < 4.78 is 23.6. The van der Waals surface area contributed by atoms with Gasteiger partial charge in [-0.05, 0) is 42.5 Å². The zero-order valence-electron chi connectivity index (χ0n) is 17.9. The van der Waals surface area contributed by atoms with E-state index in [2.05, 4.69) is 46.0 Å². The van der Waals surface area contributed by atoms with Crippen LogP contribution in [0.25, 0.3) is 0 Å². The highest BCUT2D eigenvalue weighted by Gasteiger charge is 2.35. The molecule has 3 rings (SSSR count). The predicted octanol–water partition coefficient (Wildman–Crippen LogP) is 4.19. The summed E-state index contributed by atoms with van der Waals surface area (Å²) in [6.45, 7) is 3.27.